The van der Waals surface area contributed by atoms with E-state index in [0.717, 1.165) is 16.7 Å². The lowest BCUT2D eigenvalue weighted by Crippen LogP contribution is -2.28. The number of hydrogen-bond acceptors (Lipinski definition) is 4. The van der Waals surface area contributed by atoms with Crippen molar-refractivity contribution in [3.8, 4) is 0 Å². The molecule has 0 unspecified atom stereocenters. The topological polar surface area (TPSA) is 91.9 Å². The van der Waals surface area contributed by atoms with Crippen LogP contribution in [-0.2, 0) is 12.3 Å². The maximum Gasteiger partial charge on any atom is 0.253 e. The van der Waals surface area contributed by atoms with E-state index < -0.39 is 0 Å². The molecule has 6 heteroatoms. The van der Waals surface area contributed by atoms with E-state index in [2.05, 4.69) is 16.0 Å². The van der Waals surface area contributed by atoms with Gasteiger partial charge in [-0.25, -0.2) is 0 Å². The Morgan fingerprint density at radius 3 is 2.38 bits per heavy atom. The van der Waals surface area contributed by atoms with Crippen molar-refractivity contribution in [1.29, 1.82) is 5.41 Å². The highest BCUT2D eigenvalue weighted by atomic mass is 35.5. The van der Waals surface area contributed by atoms with Crippen molar-refractivity contribution in [3.63, 3.8) is 0 Å². The first-order valence-corrected chi connectivity index (χ1v) is 8.09. The quantitative estimate of drug-likeness (QED) is 0.554. The summed E-state index contributed by atoms with van der Waals surface area (Å²) in [6.07, 6.45) is 4.00. The number of pyridine rings is 1. The number of nitrogens with zero attached hydrogens (tertiary/aromatic N) is 1. The molecule has 1 amide bonds. The normalized spacial score (nSPS) is 9.67. The lowest BCUT2D eigenvalue weighted by atomic mass is 10.0. The molecule has 0 radical (unpaired) electrons. The number of benzene rings is 1. The summed E-state index contributed by atoms with van der Waals surface area (Å²) in [4.78, 5) is 16.1. The van der Waals surface area contributed by atoms with E-state index >= 15 is 0 Å². The van der Waals surface area contributed by atoms with Crippen LogP contribution in [0.4, 0.5) is 0 Å². The Bertz CT molecular complexity index is 671. The van der Waals surface area contributed by atoms with Gasteiger partial charge >= 0.3 is 0 Å². The standard InChI is InChI=1S/C17H18ClN3O.CH5N/c1-12(19)9-21-17(22)16-7-15(10-20-11-16)6-13-2-4-14(8-18)5-3-13;1-2/h2-5,7,10-11,19H,6,8-9H2,1H3,(H,21,22);2H2,1H3. The van der Waals surface area contributed by atoms with Gasteiger partial charge < -0.3 is 16.5 Å². The van der Waals surface area contributed by atoms with E-state index in [-0.39, 0.29) is 12.5 Å². The highest BCUT2D eigenvalue weighted by molar-refractivity contribution is 6.17. The van der Waals surface area contributed by atoms with E-state index in [1.165, 1.54) is 13.2 Å². The maximum absolute atomic E-state index is 12.0. The zero-order chi connectivity index (χ0) is 17.9. The third kappa shape index (κ3) is 6.48. The van der Waals surface area contributed by atoms with Crippen LogP contribution in [0.15, 0.2) is 42.7 Å². The van der Waals surface area contributed by atoms with Crippen LogP contribution in [0, 0.1) is 5.41 Å². The number of amides is 1. The molecule has 2 aromatic rings. The van der Waals surface area contributed by atoms with Gasteiger partial charge in [0.1, 0.15) is 0 Å². The fourth-order valence-electron chi connectivity index (χ4n) is 2.01. The van der Waals surface area contributed by atoms with Crippen LogP contribution in [0.2, 0.25) is 0 Å². The van der Waals surface area contributed by atoms with Gasteiger partial charge in [-0.2, -0.15) is 0 Å². The van der Waals surface area contributed by atoms with E-state index in [4.69, 9.17) is 17.0 Å². The molecule has 24 heavy (non-hydrogen) atoms. The number of carbonyl (C=O) groups is 1. The molecule has 0 fully saturated rings. The number of hydrogen-bond donors (Lipinski definition) is 3. The van der Waals surface area contributed by atoms with Crippen LogP contribution in [0.1, 0.15) is 34.0 Å². The summed E-state index contributed by atoms with van der Waals surface area (Å²) in [5.74, 6) is 0.294. The van der Waals surface area contributed by atoms with Crippen molar-refractivity contribution in [1.82, 2.24) is 10.3 Å². The van der Waals surface area contributed by atoms with Crippen molar-refractivity contribution in [2.75, 3.05) is 13.6 Å². The first-order chi connectivity index (χ1) is 11.6. The Morgan fingerprint density at radius 1 is 1.17 bits per heavy atom. The zero-order valence-electron chi connectivity index (χ0n) is 14.0. The van der Waals surface area contributed by atoms with Crippen molar-refractivity contribution < 1.29 is 4.79 Å². The molecule has 0 atom stereocenters. The van der Waals surface area contributed by atoms with Crippen molar-refractivity contribution >= 4 is 23.2 Å². The Balaban J connectivity index is 0.00000139. The second-order valence-corrected chi connectivity index (χ2v) is 5.44. The summed E-state index contributed by atoms with van der Waals surface area (Å²) in [5.41, 5.74) is 8.62. The van der Waals surface area contributed by atoms with Gasteiger partial charge in [-0.15, -0.1) is 11.6 Å². The third-order valence-corrected chi connectivity index (χ3v) is 3.47. The number of rotatable bonds is 6. The number of nitrogens with two attached hydrogens (primary N) is 1. The Morgan fingerprint density at radius 2 is 1.79 bits per heavy atom. The number of nitrogens with one attached hydrogen (secondary N) is 2. The second kappa shape index (κ2) is 10.5. The van der Waals surface area contributed by atoms with Gasteiger partial charge in [0, 0.05) is 24.0 Å². The number of carbonyl (C=O) groups excluding carboxylic acids is 1. The molecule has 5 nitrogen and oxygen atoms in total. The van der Waals surface area contributed by atoms with E-state index in [0.29, 0.717) is 23.6 Å². The average Bonchev–Trinajstić information content (AvgIpc) is 2.62. The molecule has 0 bridgehead atoms. The number of halogens is 1. The molecule has 1 aromatic heterocycles. The van der Waals surface area contributed by atoms with Gasteiger partial charge in [0.15, 0.2) is 0 Å². The minimum Gasteiger partial charge on any atom is -0.347 e. The highest BCUT2D eigenvalue weighted by Crippen LogP contribution is 2.12. The average molecular weight is 347 g/mol. The van der Waals surface area contributed by atoms with Gasteiger partial charge in [0.2, 0.25) is 0 Å². The molecule has 128 valence electrons. The summed E-state index contributed by atoms with van der Waals surface area (Å²) < 4.78 is 0. The molecule has 0 saturated carbocycles. The molecule has 2 rings (SSSR count). The zero-order valence-corrected chi connectivity index (χ0v) is 14.7. The predicted molar refractivity (Wildman–Crippen MR) is 98.9 cm³/mol. The van der Waals surface area contributed by atoms with Crippen LogP contribution in [0.5, 0.6) is 0 Å². The largest absolute Gasteiger partial charge is 0.347 e. The molecule has 0 saturated heterocycles. The van der Waals surface area contributed by atoms with Crippen LogP contribution in [0.3, 0.4) is 0 Å². The number of alkyl halides is 1. The molecule has 0 aliphatic rings. The Hall–Kier alpha value is -2.24. The minimum atomic E-state index is -0.210. The molecule has 0 spiro atoms. The molecule has 0 aliphatic heterocycles. The lowest BCUT2D eigenvalue weighted by molar-refractivity contribution is 0.0958. The second-order valence-electron chi connectivity index (χ2n) is 5.17. The van der Waals surface area contributed by atoms with Crippen molar-refractivity contribution in [2.24, 2.45) is 5.73 Å². The smallest absolute Gasteiger partial charge is 0.253 e. The minimum absolute atomic E-state index is 0.210. The van der Waals surface area contributed by atoms with Crippen molar-refractivity contribution in [2.45, 2.75) is 19.2 Å². The van der Waals surface area contributed by atoms with E-state index in [1.807, 2.05) is 30.3 Å². The van der Waals surface area contributed by atoms with Crippen LogP contribution in [0.25, 0.3) is 0 Å². The van der Waals surface area contributed by atoms with Crippen LogP contribution >= 0.6 is 11.6 Å². The maximum atomic E-state index is 12.0. The molecule has 0 aliphatic carbocycles. The molecule has 1 aromatic carbocycles. The molecule has 1 heterocycles. The monoisotopic (exact) mass is 346 g/mol. The summed E-state index contributed by atoms with van der Waals surface area (Å²) >= 11 is 5.78. The summed E-state index contributed by atoms with van der Waals surface area (Å²) in [5, 5.41) is 10.0. The highest BCUT2D eigenvalue weighted by Gasteiger charge is 2.07. The van der Waals surface area contributed by atoms with E-state index in [1.54, 1.807) is 13.1 Å². The van der Waals surface area contributed by atoms with Crippen LogP contribution in [-0.4, -0.2) is 30.2 Å². The van der Waals surface area contributed by atoms with Gasteiger partial charge in [0.05, 0.1) is 12.1 Å². The predicted octanol–water partition coefficient (Wildman–Crippen LogP) is 2.76. The molecular weight excluding hydrogens is 324 g/mol. The fourth-order valence-corrected chi connectivity index (χ4v) is 2.18. The van der Waals surface area contributed by atoms with Gasteiger partial charge in [-0.3, -0.25) is 9.78 Å². The lowest BCUT2D eigenvalue weighted by Gasteiger charge is -2.06. The summed E-state index contributed by atoms with van der Waals surface area (Å²) in [6, 6.07) is 9.89. The molecular formula is C18H23ClN4O. The molecule has 4 N–H and O–H groups in total. The Kier molecular flexibility index (Phi) is 8.68. The van der Waals surface area contributed by atoms with Gasteiger partial charge in [-0.1, -0.05) is 24.3 Å². The summed E-state index contributed by atoms with van der Waals surface area (Å²) in [6.45, 7) is 1.91. The Labute approximate surface area is 147 Å². The van der Waals surface area contributed by atoms with Gasteiger partial charge in [-0.05, 0) is 43.1 Å². The first kappa shape index (κ1) is 19.8. The SMILES string of the molecule is CC(=N)CNC(=O)c1cncc(Cc2ccc(CCl)cc2)c1.CN. The summed E-state index contributed by atoms with van der Waals surface area (Å²) in [7, 11) is 1.50. The van der Waals surface area contributed by atoms with Crippen molar-refractivity contribution in [3.05, 3.63) is 65.0 Å². The fraction of sp³-hybridized carbons (Fsp3) is 0.278. The number of aromatic nitrogens is 1. The van der Waals surface area contributed by atoms with Gasteiger partial charge in [0.25, 0.3) is 5.91 Å². The van der Waals surface area contributed by atoms with Crippen LogP contribution < -0.4 is 11.1 Å². The first-order valence-electron chi connectivity index (χ1n) is 7.56. The van der Waals surface area contributed by atoms with E-state index in [9.17, 15) is 4.79 Å². The third-order valence-electron chi connectivity index (χ3n) is 3.16.